The molecule has 1 aromatic heterocycles. The molecule has 4 N–H and O–H groups in total. The molecule has 18 heavy (non-hydrogen) atoms. The molecule has 1 aromatic carbocycles. The Morgan fingerprint density at radius 2 is 2.17 bits per heavy atom. The van der Waals surface area contributed by atoms with E-state index in [1.165, 1.54) is 5.56 Å². The number of aromatic nitrogens is 2. The van der Waals surface area contributed by atoms with Crippen LogP contribution in [0.2, 0.25) is 0 Å². The number of para-hydroxylation sites is 1. The molecular formula is C14H20N4. The Kier molecular flexibility index (Phi) is 3.87. The van der Waals surface area contributed by atoms with Gasteiger partial charge in [-0.15, -0.1) is 0 Å². The SMILES string of the molecule is Cc1cccc(NCCCc2cn[nH]c2C)c1N. The standard InChI is InChI=1S/C14H20N4/c1-10-5-3-7-13(14(10)15)16-8-4-6-12-9-17-18-11(12)2/h3,5,7,9,16H,4,6,8,15H2,1-2H3,(H,17,18). The third-order valence-corrected chi connectivity index (χ3v) is 3.20. The number of aromatic amines is 1. The molecule has 0 unspecified atom stereocenters. The van der Waals surface area contributed by atoms with Gasteiger partial charge >= 0.3 is 0 Å². The number of rotatable bonds is 5. The Bertz CT molecular complexity index is 516. The van der Waals surface area contributed by atoms with Gasteiger partial charge in [-0.05, 0) is 43.9 Å². The van der Waals surface area contributed by atoms with Gasteiger partial charge in [0.15, 0.2) is 0 Å². The van der Waals surface area contributed by atoms with Crippen molar-refractivity contribution in [3.63, 3.8) is 0 Å². The van der Waals surface area contributed by atoms with Gasteiger partial charge in [0.25, 0.3) is 0 Å². The van der Waals surface area contributed by atoms with E-state index in [9.17, 15) is 0 Å². The van der Waals surface area contributed by atoms with E-state index in [0.717, 1.165) is 42.0 Å². The molecule has 0 aliphatic rings. The molecule has 2 aromatic rings. The van der Waals surface area contributed by atoms with E-state index in [1.807, 2.05) is 38.2 Å². The predicted molar refractivity (Wildman–Crippen MR) is 75.7 cm³/mol. The van der Waals surface area contributed by atoms with E-state index in [0.29, 0.717) is 0 Å². The van der Waals surface area contributed by atoms with E-state index in [4.69, 9.17) is 5.73 Å². The second kappa shape index (κ2) is 5.58. The van der Waals surface area contributed by atoms with Crippen LogP contribution in [0.1, 0.15) is 23.2 Å². The maximum absolute atomic E-state index is 6.01. The Morgan fingerprint density at radius 3 is 2.89 bits per heavy atom. The van der Waals surface area contributed by atoms with Gasteiger partial charge < -0.3 is 11.1 Å². The molecule has 1 heterocycles. The van der Waals surface area contributed by atoms with Crippen molar-refractivity contribution in [2.45, 2.75) is 26.7 Å². The van der Waals surface area contributed by atoms with Gasteiger partial charge in [-0.2, -0.15) is 5.10 Å². The molecule has 0 bridgehead atoms. The average Bonchev–Trinajstić information content (AvgIpc) is 2.76. The van der Waals surface area contributed by atoms with Gasteiger partial charge in [0.1, 0.15) is 0 Å². The topological polar surface area (TPSA) is 66.7 Å². The number of benzene rings is 1. The fourth-order valence-electron chi connectivity index (χ4n) is 1.96. The molecule has 0 atom stereocenters. The summed E-state index contributed by atoms with van der Waals surface area (Å²) in [4.78, 5) is 0. The maximum Gasteiger partial charge on any atom is 0.0579 e. The number of hydrogen-bond donors (Lipinski definition) is 3. The fraction of sp³-hybridized carbons (Fsp3) is 0.357. The zero-order valence-electron chi connectivity index (χ0n) is 11.0. The third kappa shape index (κ3) is 2.83. The first-order chi connectivity index (χ1) is 8.68. The van der Waals surface area contributed by atoms with Crippen molar-refractivity contribution < 1.29 is 0 Å². The lowest BCUT2D eigenvalue weighted by atomic mass is 10.1. The van der Waals surface area contributed by atoms with Crippen molar-refractivity contribution in [1.82, 2.24) is 10.2 Å². The van der Waals surface area contributed by atoms with Crippen LogP contribution in [0.3, 0.4) is 0 Å². The molecule has 0 aliphatic carbocycles. The van der Waals surface area contributed by atoms with Crippen LogP contribution in [0, 0.1) is 13.8 Å². The summed E-state index contributed by atoms with van der Waals surface area (Å²) < 4.78 is 0. The van der Waals surface area contributed by atoms with Crippen LogP contribution in [-0.4, -0.2) is 16.7 Å². The molecule has 96 valence electrons. The summed E-state index contributed by atoms with van der Waals surface area (Å²) in [6.45, 7) is 4.99. The second-order valence-corrected chi connectivity index (χ2v) is 4.59. The Hall–Kier alpha value is -1.97. The van der Waals surface area contributed by atoms with Crippen molar-refractivity contribution >= 4 is 11.4 Å². The van der Waals surface area contributed by atoms with Gasteiger partial charge in [-0.1, -0.05) is 12.1 Å². The highest BCUT2D eigenvalue weighted by Gasteiger charge is 2.02. The van der Waals surface area contributed by atoms with E-state index in [-0.39, 0.29) is 0 Å². The number of H-pyrrole nitrogens is 1. The molecule has 0 amide bonds. The smallest absolute Gasteiger partial charge is 0.0579 e. The van der Waals surface area contributed by atoms with Gasteiger partial charge in [0.05, 0.1) is 17.6 Å². The summed E-state index contributed by atoms with van der Waals surface area (Å²) >= 11 is 0. The third-order valence-electron chi connectivity index (χ3n) is 3.20. The summed E-state index contributed by atoms with van der Waals surface area (Å²) in [6, 6.07) is 6.06. The summed E-state index contributed by atoms with van der Waals surface area (Å²) in [5, 5.41) is 10.4. The summed E-state index contributed by atoms with van der Waals surface area (Å²) in [6.07, 6.45) is 3.99. The van der Waals surface area contributed by atoms with Crippen LogP contribution >= 0.6 is 0 Å². The first kappa shape index (κ1) is 12.5. The van der Waals surface area contributed by atoms with Gasteiger partial charge in [0.2, 0.25) is 0 Å². The monoisotopic (exact) mass is 244 g/mol. The molecule has 0 saturated carbocycles. The number of nitrogens with two attached hydrogens (primary N) is 1. The van der Waals surface area contributed by atoms with E-state index >= 15 is 0 Å². The highest BCUT2D eigenvalue weighted by Crippen LogP contribution is 2.21. The lowest BCUT2D eigenvalue weighted by Crippen LogP contribution is -2.06. The minimum absolute atomic E-state index is 0.844. The zero-order chi connectivity index (χ0) is 13.0. The average molecular weight is 244 g/mol. The lowest BCUT2D eigenvalue weighted by Gasteiger charge is -2.10. The molecule has 0 radical (unpaired) electrons. The van der Waals surface area contributed by atoms with Crippen LogP contribution in [-0.2, 0) is 6.42 Å². The normalized spacial score (nSPS) is 10.6. The van der Waals surface area contributed by atoms with Crippen molar-refractivity contribution in [1.29, 1.82) is 0 Å². The lowest BCUT2D eigenvalue weighted by molar-refractivity contribution is 0.857. The molecule has 0 saturated heterocycles. The number of nitrogens with zero attached hydrogens (tertiary/aromatic N) is 1. The summed E-state index contributed by atoms with van der Waals surface area (Å²) in [5.74, 6) is 0. The molecule has 2 rings (SSSR count). The van der Waals surface area contributed by atoms with Crippen molar-refractivity contribution in [2.24, 2.45) is 0 Å². The van der Waals surface area contributed by atoms with Crippen LogP contribution < -0.4 is 11.1 Å². The largest absolute Gasteiger partial charge is 0.397 e. The van der Waals surface area contributed by atoms with Crippen molar-refractivity contribution in [2.75, 3.05) is 17.6 Å². The Labute approximate surface area is 108 Å². The zero-order valence-corrected chi connectivity index (χ0v) is 11.0. The van der Waals surface area contributed by atoms with Crippen LogP contribution in [0.15, 0.2) is 24.4 Å². The van der Waals surface area contributed by atoms with Gasteiger partial charge in [-0.3, -0.25) is 5.10 Å². The van der Waals surface area contributed by atoms with E-state index in [2.05, 4.69) is 15.5 Å². The molecule has 0 aliphatic heterocycles. The predicted octanol–water partition coefficient (Wildman–Crippen LogP) is 2.65. The van der Waals surface area contributed by atoms with Crippen LogP contribution in [0.5, 0.6) is 0 Å². The minimum Gasteiger partial charge on any atom is -0.397 e. The fourth-order valence-corrected chi connectivity index (χ4v) is 1.96. The first-order valence-corrected chi connectivity index (χ1v) is 6.26. The highest BCUT2D eigenvalue weighted by molar-refractivity contribution is 5.69. The molecule has 4 heteroatoms. The number of hydrogen-bond acceptors (Lipinski definition) is 3. The summed E-state index contributed by atoms with van der Waals surface area (Å²) in [7, 11) is 0. The van der Waals surface area contributed by atoms with E-state index in [1.54, 1.807) is 0 Å². The van der Waals surface area contributed by atoms with Crippen LogP contribution in [0.25, 0.3) is 0 Å². The number of anilines is 2. The second-order valence-electron chi connectivity index (χ2n) is 4.59. The first-order valence-electron chi connectivity index (χ1n) is 6.26. The molecule has 0 fully saturated rings. The highest BCUT2D eigenvalue weighted by atomic mass is 15.1. The van der Waals surface area contributed by atoms with Crippen molar-refractivity contribution in [3.05, 3.63) is 41.2 Å². The Morgan fingerprint density at radius 1 is 1.33 bits per heavy atom. The minimum atomic E-state index is 0.844. The number of aryl methyl sites for hydroxylation is 3. The van der Waals surface area contributed by atoms with Gasteiger partial charge in [-0.25, -0.2) is 0 Å². The number of nitrogens with one attached hydrogen (secondary N) is 2. The van der Waals surface area contributed by atoms with Crippen molar-refractivity contribution in [3.8, 4) is 0 Å². The number of nitrogen functional groups attached to an aromatic ring is 1. The Balaban J connectivity index is 1.82. The molecular weight excluding hydrogens is 224 g/mol. The molecule has 0 spiro atoms. The quantitative estimate of drug-likeness (QED) is 0.559. The van der Waals surface area contributed by atoms with Crippen LogP contribution in [0.4, 0.5) is 11.4 Å². The maximum atomic E-state index is 6.01. The summed E-state index contributed by atoms with van der Waals surface area (Å²) in [5.41, 5.74) is 11.4. The molecule has 4 nitrogen and oxygen atoms in total. The van der Waals surface area contributed by atoms with E-state index < -0.39 is 0 Å². The van der Waals surface area contributed by atoms with Gasteiger partial charge in [0, 0.05) is 12.2 Å².